The van der Waals surface area contributed by atoms with Crippen LogP contribution in [0.25, 0.3) is 5.70 Å². The zero-order valence-electron chi connectivity index (χ0n) is 14.6. The fourth-order valence-corrected chi connectivity index (χ4v) is 3.52. The summed E-state index contributed by atoms with van der Waals surface area (Å²) in [7, 11) is 0. The van der Waals surface area contributed by atoms with E-state index in [0.717, 1.165) is 35.4 Å². The second-order valence-corrected chi connectivity index (χ2v) is 6.51. The zero-order chi connectivity index (χ0) is 17.8. The Morgan fingerprint density at radius 2 is 1.46 bits per heavy atom. The number of hydrogen-bond donors (Lipinski definition) is 0. The quantitative estimate of drug-likeness (QED) is 0.636. The maximum absolute atomic E-state index is 13.3. The molecule has 0 spiro atoms. The van der Waals surface area contributed by atoms with Crippen molar-refractivity contribution in [1.82, 2.24) is 0 Å². The molecule has 2 heteroatoms. The van der Waals surface area contributed by atoms with Gasteiger partial charge in [-0.15, -0.1) is 0 Å². The third-order valence-corrected chi connectivity index (χ3v) is 4.75. The maximum atomic E-state index is 13.3. The third kappa shape index (κ3) is 3.31. The molecule has 0 saturated carbocycles. The molecule has 128 valence electrons. The van der Waals surface area contributed by atoms with E-state index in [1.165, 1.54) is 5.56 Å². The summed E-state index contributed by atoms with van der Waals surface area (Å²) in [5.74, 6) is 0.0883. The maximum Gasteiger partial charge on any atom is 0.235 e. The number of allylic oxidation sites excluding steroid dienone is 1. The lowest BCUT2D eigenvalue weighted by Gasteiger charge is -2.29. The molecule has 0 unspecified atom stereocenters. The molecule has 0 bridgehead atoms. The van der Waals surface area contributed by atoms with Crippen molar-refractivity contribution < 1.29 is 4.79 Å². The van der Waals surface area contributed by atoms with Crippen LogP contribution in [0.15, 0.2) is 91.0 Å². The van der Waals surface area contributed by atoms with Crippen molar-refractivity contribution >= 4 is 17.3 Å². The van der Waals surface area contributed by atoms with Crippen molar-refractivity contribution in [3.05, 3.63) is 108 Å². The van der Waals surface area contributed by atoms with Crippen LogP contribution < -0.4 is 4.90 Å². The van der Waals surface area contributed by atoms with Gasteiger partial charge in [-0.2, -0.15) is 0 Å². The Morgan fingerprint density at radius 3 is 2.23 bits per heavy atom. The number of carbonyl (C=O) groups excluding carboxylic acids is 1. The Bertz CT molecular complexity index is 929. The molecule has 2 nitrogen and oxygen atoms in total. The van der Waals surface area contributed by atoms with Crippen molar-refractivity contribution in [2.75, 3.05) is 4.90 Å². The first-order valence-corrected chi connectivity index (χ1v) is 9.03. The second kappa shape index (κ2) is 7.40. The van der Waals surface area contributed by atoms with E-state index < -0.39 is 0 Å². The highest BCUT2D eigenvalue weighted by Crippen LogP contribution is 2.33. The molecular weight excluding hydrogens is 318 g/mol. The summed E-state index contributed by atoms with van der Waals surface area (Å²) in [6.07, 6.45) is 4.55. The van der Waals surface area contributed by atoms with Crippen LogP contribution in [0.5, 0.6) is 0 Å². The normalized spacial score (nSPS) is 12.8. The van der Waals surface area contributed by atoms with E-state index in [1.54, 1.807) is 0 Å². The molecule has 0 fully saturated rings. The Morgan fingerprint density at radius 1 is 0.808 bits per heavy atom. The predicted molar refractivity (Wildman–Crippen MR) is 107 cm³/mol. The van der Waals surface area contributed by atoms with Gasteiger partial charge in [0.05, 0.1) is 12.1 Å². The second-order valence-electron chi connectivity index (χ2n) is 6.51. The smallest absolute Gasteiger partial charge is 0.235 e. The van der Waals surface area contributed by atoms with Crippen molar-refractivity contribution in [2.45, 2.75) is 19.3 Å². The molecule has 0 heterocycles. The van der Waals surface area contributed by atoms with Crippen molar-refractivity contribution in [3.8, 4) is 0 Å². The molecule has 1 amide bonds. The van der Waals surface area contributed by atoms with E-state index >= 15 is 0 Å². The van der Waals surface area contributed by atoms with Crippen LogP contribution in [0.4, 0.5) is 5.69 Å². The summed E-state index contributed by atoms with van der Waals surface area (Å²) in [5, 5.41) is 0. The van der Waals surface area contributed by atoms with Crippen LogP contribution in [0.1, 0.15) is 23.1 Å². The molecule has 1 aliphatic rings. The van der Waals surface area contributed by atoms with Crippen molar-refractivity contribution in [3.63, 3.8) is 0 Å². The molecule has 0 atom stereocenters. The number of aryl methyl sites for hydroxylation is 1. The molecule has 3 aromatic rings. The van der Waals surface area contributed by atoms with Crippen LogP contribution in [0.3, 0.4) is 0 Å². The summed E-state index contributed by atoms with van der Waals surface area (Å²) in [4.78, 5) is 15.2. The van der Waals surface area contributed by atoms with Gasteiger partial charge in [0.2, 0.25) is 5.91 Å². The zero-order valence-corrected chi connectivity index (χ0v) is 14.6. The average molecular weight is 339 g/mol. The number of hydrogen-bond acceptors (Lipinski definition) is 1. The van der Waals surface area contributed by atoms with Gasteiger partial charge in [-0.3, -0.25) is 9.69 Å². The number of rotatable bonds is 4. The fourth-order valence-electron chi connectivity index (χ4n) is 3.52. The van der Waals surface area contributed by atoms with Gasteiger partial charge in [-0.25, -0.2) is 0 Å². The van der Waals surface area contributed by atoms with Crippen LogP contribution in [-0.4, -0.2) is 5.91 Å². The molecule has 0 saturated heterocycles. The van der Waals surface area contributed by atoms with Gasteiger partial charge in [0.25, 0.3) is 0 Å². The highest BCUT2D eigenvalue weighted by atomic mass is 16.2. The van der Waals surface area contributed by atoms with Gasteiger partial charge < -0.3 is 0 Å². The Balaban J connectivity index is 1.75. The first-order chi connectivity index (χ1) is 12.8. The van der Waals surface area contributed by atoms with Gasteiger partial charge in [-0.1, -0.05) is 78.9 Å². The van der Waals surface area contributed by atoms with Crippen LogP contribution in [0.2, 0.25) is 0 Å². The largest absolute Gasteiger partial charge is 0.280 e. The Hall–Kier alpha value is -3.13. The first kappa shape index (κ1) is 16.3. The standard InChI is InChI=1S/C24H21NO/c26-24(18-19-10-3-1-4-11-19)25(21-14-5-2-6-15-21)23-17-9-13-20-12-7-8-16-22(20)23/h1-8,10-12,14-17H,9,13,18H2. The molecular formula is C24H21NO. The summed E-state index contributed by atoms with van der Waals surface area (Å²) in [6, 6.07) is 28.3. The monoisotopic (exact) mass is 339 g/mol. The number of carbonyl (C=O) groups is 1. The van der Waals surface area contributed by atoms with Gasteiger partial charge in [0.1, 0.15) is 0 Å². The van der Waals surface area contributed by atoms with E-state index in [4.69, 9.17) is 0 Å². The SMILES string of the molecule is O=C(Cc1ccccc1)N(C1=CCCc2ccccc21)c1ccccc1. The molecule has 4 rings (SSSR count). The molecule has 0 aromatic heterocycles. The first-order valence-electron chi connectivity index (χ1n) is 9.03. The number of anilines is 1. The van der Waals surface area contributed by atoms with Crippen LogP contribution >= 0.6 is 0 Å². The Labute approximate surface area is 154 Å². The third-order valence-electron chi connectivity index (χ3n) is 4.75. The molecule has 1 aliphatic carbocycles. The summed E-state index contributed by atoms with van der Waals surface area (Å²) >= 11 is 0. The minimum absolute atomic E-state index is 0.0883. The number of nitrogens with zero attached hydrogens (tertiary/aromatic N) is 1. The molecule has 0 aliphatic heterocycles. The molecule has 3 aromatic carbocycles. The van der Waals surface area contributed by atoms with E-state index in [2.05, 4.69) is 24.3 Å². The minimum atomic E-state index is 0.0883. The van der Waals surface area contributed by atoms with Gasteiger partial charge in [0, 0.05) is 11.3 Å². The number of fused-ring (bicyclic) bond motifs is 1. The van der Waals surface area contributed by atoms with Crippen molar-refractivity contribution in [1.29, 1.82) is 0 Å². The van der Waals surface area contributed by atoms with Gasteiger partial charge in [0.15, 0.2) is 0 Å². The molecule has 0 N–H and O–H groups in total. The predicted octanol–water partition coefficient (Wildman–Crippen LogP) is 5.25. The fraction of sp³-hybridized carbons (Fsp3) is 0.125. The highest BCUT2D eigenvalue weighted by Gasteiger charge is 2.24. The number of amides is 1. The average Bonchev–Trinajstić information content (AvgIpc) is 2.70. The van der Waals surface area contributed by atoms with E-state index in [0.29, 0.717) is 6.42 Å². The summed E-state index contributed by atoms with van der Waals surface area (Å²) < 4.78 is 0. The number of benzene rings is 3. The lowest BCUT2D eigenvalue weighted by Crippen LogP contribution is -2.32. The number of para-hydroxylation sites is 1. The molecule has 0 radical (unpaired) electrons. The Kier molecular flexibility index (Phi) is 4.65. The lowest BCUT2D eigenvalue weighted by molar-refractivity contribution is -0.117. The van der Waals surface area contributed by atoms with E-state index in [-0.39, 0.29) is 5.91 Å². The highest BCUT2D eigenvalue weighted by molar-refractivity contribution is 6.07. The van der Waals surface area contributed by atoms with Crippen molar-refractivity contribution in [2.24, 2.45) is 0 Å². The van der Waals surface area contributed by atoms with Gasteiger partial charge in [-0.05, 0) is 36.1 Å². The van der Waals surface area contributed by atoms with E-state index in [1.807, 2.05) is 71.6 Å². The topological polar surface area (TPSA) is 20.3 Å². The van der Waals surface area contributed by atoms with Crippen LogP contribution in [0, 0.1) is 0 Å². The van der Waals surface area contributed by atoms with Gasteiger partial charge >= 0.3 is 0 Å². The minimum Gasteiger partial charge on any atom is -0.280 e. The van der Waals surface area contributed by atoms with Crippen LogP contribution in [-0.2, 0) is 17.6 Å². The lowest BCUT2D eigenvalue weighted by atomic mass is 9.93. The van der Waals surface area contributed by atoms with E-state index in [9.17, 15) is 4.79 Å². The summed E-state index contributed by atoms with van der Waals surface area (Å²) in [5.41, 5.74) is 5.40. The summed E-state index contributed by atoms with van der Waals surface area (Å²) in [6.45, 7) is 0. The molecule has 26 heavy (non-hydrogen) atoms.